The van der Waals surface area contributed by atoms with E-state index in [0.29, 0.717) is 12.2 Å². The quantitative estimate of drug-likeness (QED) is 0.872. The molecule has 0 amide bonds. The number of alkyl halides is 3. The van der Waals surface area contributed by atoms with Crippen molar-refractivity contribution < 1.29 is 13.2 Å². The van der Waals surface area contributed by atoms with Crippen molar-refractivity contribution >= 4 is 0 Å². The first-order valence-corrected chi connectivity index (χ1v) is 4.78. The molecule has 4 nitrogen and oxygen atoms in total. The van der Waals surface area contributed by atoms with Gasteiger partial charge < -0.3 is 5.73 Å². The average molecular weight is 242 g/mol. The van der Waals surface area contributed by atoms with Crippen molar-refractivity contribution in [3.63, 3.8) is 0 Å². The summed E-state index contributed by atoms with van der Waals surface area (Å²) >= 11 is 0. The van der Waals surface area contributed by atoms with Gasteiger partial charge in [-0.25, -0.2) is 9.67 Å². The van der Waals surface area contributed by atoms with Crippen molar-refractivity contribution in [2.24, 2.45) is 5.73 Å². The Morgan fingerprint density at radius 1 is 1.24 bits per heavy atom. The zero-order valence-electron chi connectivity index (χ0n) is 8.65. The third-order valence-corrected chi connectivity index (χ3v) is 2.17. The minimum atomic E-state index is -4.43. The smallest absolute Gasteiger partial charge is 0.326 e. The Hall–Kier alpha value is -1.89. The van der Waals surface area contributed by atoms with E-state index in [4.69, 9.17) is 5.73 Å². The maximum atomic E-state index is 12.3. The van der Waals surface area contributed by atoms with E-state index in [1.807, 2.05) is 0 Å². The first-order valence-electron chi connectivity index (χ1n) is 4.78. The van der Waals surface area contributed by atoms with Crippen LogP contribution in [0, 0.1) is 0 Å². The minimum absolute atomic E-state index is 0.327. The molecule has 0 aliphatic rings. The Labute approximate surface area is 94.9 Å². The Morgan fingerprint density at radius 3 is 2.47 bits per heavy atom. The summed E-state index contributed by atoms with van der Waals surface area (Å²) in [5.74, 6) is 0. The molecule has 0 unspecified atom stereocenters. The standard InChI is InChI=1S/C10H9F3N4/c11-10(12,13)9-2-1-8(5-15-9)17-6-7(3-14)4-16-17/h1-2,4-6H,3,14H2. The average Bonchev–Trinajstić information content (AvgIpc) is 2.76. The van der Waals surface area contributed by atoms with Crippen molar-refractivity contribution in [2.75, 3.05) is 0 Å². The van der Waals surface area contributed by atoms with Crippen molar-refractivity contribution in [1.82, 2.24) is 14.8 Å². The van der Waals surface area contributed by atoms with Crippen LogP contribution in [0.1, 0.15) is 11.3 Å². The van der Waals surface area contributed by atoms with Crippen LogP contribution in [-0.2, 0) is 12.7 Å². The summed E-state index contributed by atoms with van der Waals surface area (Å²) < 4.78 is 38.3. The molecule has 2 aromatic heterocycles. The van der Waals surface area contributed by atoms with Crippen LogP contribution in [0.4, 0.5) is 13.2 Å². The van der Waals surface area contributed by atoms with Gasteiger partial charge in [-0.3, -0.25) is 0 Å². The van der Waals surface area contributed by atoms with Crippen LogP contribution in [0.15, 0.2) is 30.7 Å². The number of pyridine rings is 1. The normalized spacial score (nSPS) is 11.8. The van der Waals surface area contributed by atoms with Gasteiger partial charge in [0.05, 0.1) is 18.1 Å². The third-order valence-electron chi connectivity index (χ3n) is 2.17. The van der Waals surface area contributed by atoms with Crippen molar-refractivity contribution in [3.05, 3.63) is 42.0 Å². The van der Waals surface area contributed by atoms with Gasteiger partial charge in [0.1, 0.15) is 5.69 Å². The fourth-order valence-electron chi connectivity index (χ4n) is 1.30. The van der Waals surface area contributed by atoms with Crippen molar-refractivity contribution in [2.45, 2.75) is 12.7 Å². The molecule has 0 aromatic carbocycles. The highest BCUT2D eigenvalue weighted by Gasteiger charge is 2.32. The maximum absolute atomic E-state index is 12.3. The van der Waals surface area contributed by atoms with E-state index in [2.05, 4.69) is 10.1 Å². The van der Waals surface area contributed by atoms with Crippen LogP contribution in [0.2, 0.25) is 0 Å². The van der Waals surface area contributed by atoms with Crippen LogP contribution in [0.25, 0.3) is 5.69 Å². The van der Waals surface area contributed by atoms with Gasteiger partial charge in [0, 0.05) is 18.3 Å². The maximum Gasteiger partial charge on any atom is 0.433 e. The van der Waals surface area contributed by atoms with E-state index in [-0.39, 0.29) is 0 Å². The predicted octanol–water partition coefficient (Wildman–Crippen LogP) is 1.74. The van der Waals surface area contributed by atoms with Gasteiger partial charge >= 0.3 is 6.18 Å². The highest BCUT2D eigenvalue weighted by atomic mass is 19.4. The summed E-state index contributed by atoms with van der Waals surface area (Å²) in [6.07, 6.45) is -0.108. The monoisotopic (exact) mass is 242 g/mol. The fraction of sp³-hybridized carbons (Fsp3) is 0.200. The van der Waals surface area contributed by atoms with Gasteiger partial charge in [0.25, 0.3) is 0 Å². The molecule has 7 heteroatoms. The lowest BCUT2D eigenvalue weighted by atomic mass is 10.3. The molecule has 0 saturated carbocycles. The highest BCUT2D eigenvalue weighted by Crippen LogP contribution is 2.27. The number of nitrogens with two attached hydrogens (primary N) is 1. The Balaban J connectivity index is 2.29. The van der Waals surface area contributed by atoms with Crippen LogP contribution in [0.5, 0.6) is 0 Å². The predicted molar refractivity (Wildman–Crippen MR) is 54.3 cm³/mol. The number of nitrogens with zero attached hydrogens (tertiary/aromatic N) is 3. The molecule has 0 radical (unpaired) electrons. The lowest BCUT2D eigenvalue weighted by molar-refractivity contribution is -0.141. The molecule has 0 aliphatic carbocycles. The molecule has 17 heavy (non-hydrogen) atoms. The summed E-state index contributed by atoms with van der Waals surface area (Å²) in [6.45, 7) is 0.327. The van der Waals surface area contributed by atoms with Gasteiger partial charge in [-0.15, -0.1) is 0 Å². The molecule has 0 atom stereocenters. The van der Waals surface area contributed by atoms with E-state index in [1.54, 1.807) is 12.4 Å². The molecule has 0 saturated heterocycles. The van der Waals surface area contributed by atoms with Crippen molar-refractivity contribution in [1.29, 1.82) is 0 Å². The van der Waals surface area contributed by atoms with Crippen LogP contribution in [-0.4, -0.2) is 14.8 Å². The lowest BCUT2D eigenvalue weighted by Crippen LogP contribution is -2.08. The van der Waals surface area contributed by atoms with E-state index in [9.17, 15) is 13.2 Å². The Morgan fingerprint density at radius 2 is 2.00 bits per heavy atom. The molecular weight excluding hydrogens is 233 g/mol. The van der Waals surface area contributed by atoms with E-state index < -0.39 is 11.9 Å². The summed E-state index contributed by atoms with van der Waals surface area (Å²) in [6, 6.07) is 2.22. The first-order chi connectivity index (χ1) is 8.00. The zero-order chi connectivity index (χ0) is 12.5. The van der Waals surface area contributed by atoms with Gasteiger partial charge in [0.15, 0.2) is 0 Å². The lowest BCUT2D eigenvalue weighted by Gasteiger charge is -2.06. The van der Waals surface area contributed by atoms with Crippen LogP contribution < -0.4 is 5.73 Å². The summed E-state index contributed by atoms with van der Waals surface area (Å²) in [7, 11) is 0. The number of rotatable bonds is 2. The molecule has 2 rings (SSSR count). The largest absolute Gasteiger partial charge is 0.433 e. The van der Waals surface area contributed by atoms with E-state index >= 15 is 0 Å². The number of hydrogen-bond acceptors (Lipinski definition) is 3. The molecule has 90 valence electrons. The Kier molecular flexibility index (Phi) is 2.84. The van der Waals surface area contributed by atoms with E-state index in [0.717, 1.165) is 17.8 Å². The van der Waals surface area contributed by atoms with Gasteiger partial charge in [-0.05, 0) is 12.1 Å². The highest BCUT2D eigenvalue weighted by molar-refractivity contribution is 5.30. The summed E-state index contributed by atoms with van der Waals surface area (Å²) in [5.41, 5.74) is 5.73. The Bertz CT molecular complexity index is 501. The SMILES string of the molecule is NCc1cnn(-c2ccc(C(F)(F)F)nc2)c1. The molecular formula is C10H9F3N4. The minimum Gasteiger partial charge on any atom is -0.326 e. The molecule has 0 spiro atoms. The topological polar surface area (TPSA) is 56.7 Å². The van der Waals surface area contributed by atoms with E-state index in [1.165, 1.54) is 10.7 Å². The second kappa shape index (κ2) is 4.17. The summed E-state index contributed by atoms with van der Waals surface area (Å²) in [5, 5.41) is 3.96. The summed E-state index contributed by atoms with van der Waals surface area (Å²) in [4.78, 5) is 3.34. The molecule has 2 aromatic rings. The van der Waals surface area contributed by atoms with Gasteiger partial charge in [0.2, 0.25) is 0 Å². The molecule has 0 aliphatic heterocycles. The molecule has 0 fully saturated rings. The first kappa shape index (κ1) is 11.6. The van der Waals surface area contributed by atoms with Gasteiger partial charge in [-0.2, -0.15) is 18.3 Å². The van der Waals surface area contributed by atoms with Crippen molar-refractivity contribution in [3.8, 4) is 5.69 Å². The second-order valence-corrected chi connectivity index (χ2v) is 3.40. The molecule has 2 N–H and O–H groups in total. The number of hydrogen-bond donors (Lipinski definition) is 1. The van der Waals surface area contributed by atoms with Crippen LogP contribution >= 0.6 is 0 Å². The molecule has 0 bridgehead atoms. The van der Waals surface area contributed by atoms with Crippen LogP contribution in [0.3, 0.4) is 0 Å². The second-order valence-electron chi connectivity index (χ2n) is 3.40. The molecule has 2 heterocycles. The van der Waals surface area contributed by atoms with Gasteiger partial charge in [-0.1, -0.05) is 0 Å². The third kappa shape index (κ3) is 2.44. The fourth-order valence-corrected chi connectivity index (χ4v) is 1.30. The number of aromatic nitrogens is 3. The number of halogens is 3. The zero-order valence-corrected chi connectivity index (χ0v) is 8.65.